The maximum absolute atomic E-state index is 8.75. The lowest BCUT2D eigenvalue weighted by Crippen LogP contribution is -1.79. The fourth-order valence-corrected chi connectivity index (χ4v) is 2.66. The highest BCUT2D eigenvalue weighted by atomic mass is 79.9. The van der Waals surface area contributed by atoms with Crippen LogP contribution in [0.5, 0.6) is 0 Å². The molecule has 0 saturated carbocycles. The first-order chi connectivity index (χ1) is 8.19. The maximum Gasteiger partial charge on any atom is 0.0992 e. The monoisotopic (exact) mass is 323 g/mol. The van der Waals surface area contributed by atoms with Crippen LogP contribution < -0.4 is 0 Å². The largest absolute Gasteiger partial charge is 0.192 e. The molecule has 4 heteroatoms. The van der Waals surface area contributed by atoms with E-state index in [0.29, 0.717) is 10.6 Å². The Morgan fingerprint density at radius 1 is 1.12 bits per heavy atom. The van der Waals surface area contributed by atoms with E-state index in [1.54, 1.807) is 23.9 Å². The van der Waals surface area contributed by atoms with Crippen LogP contribution in [0.1, 0.15) is 5.56 Å². The van der Waals surface area contributed by atoms with Crippen LogP contribution in [-0.2, 0) is 0 Å². The van der Waals surface area contributed by atoms with Gasteiger partial charge in [0.05, 0.1) is 16.7 Å². The minimum atomic E-state index is 0.579. The number of hydrogen-bond acceptors (Lipinski definition) is 2. The van der Waals surface area contributed by atoms with E-state index in [9.17, 15) is 0 Å². The second kappa shape index (κ2) is 5.59. The van der Waals surface area contributed by atoms with Crippen molar-refractivity contribution >= 4 is 39.3 Å². The molecule has 0 aliphatic heterocycles. The van der Waals surface area contributed by atoms with Crippen molar-refractivity contribution in [2.75, 3.05) is 0 Å². The molecule has 2 aromatic carbocycles. The molecule has 0 atom stereocenters. The minimum absolute atomic E-state index is 0.579. The molecule has 0 fully saturated rings. The molecule has 0 radical (unpaired) electrons. The van der Waals surface area contributed by atoms with E-state index in [2.05, 4.69) is 22.0 Å². The molecule has 0 aliphatic rings. The van der Waals surface area contributed by atoms with Gasteiger partial charge >= 0.3 is 0 Å². The molecule has 2 rings (SSSR count). The number of nitrogens with zero attached hydrogens (tertiary/aromatic N) is 1. The molecular weight excluding hydrogens is 318 g/mol. The lowest BCUT2D eigenvalue weighted by Gasteiger charge is -2.04. The first-order valence-electron chi connectivity index (χ1n) is 4.82. The van der Waals surface area contributed by atoms with Crippen LogP contribution in [0.25, 0.3) is 0 Å². The van der Waals surface area contributed by atoms with E-state index in [1.165, 1.54) is 0 Å². The van der Waals surface area contributed by atoms with Crippen molar-refractivity contribution in [2.45, 2.75) is 9.79 Å². The zero-order chi connectivity index (χ0) is 12.3. The molecule has 0 aromatic heterocycles. The summed E-state index contributed by atoms with van der Waals surface area (Å²) in [5, 5.41) is 9.36. The van der Waals surface area contributed by atoms with Crippen molar-refractivity contribution in [1.29, 1.82) is 5.26 Å². The van der Waals surface area contributed by atoms with E-state index in [4.69, 9.17) is 16.9 Å². The van der Waals surface area contributed by atoms with Crippen molar-refractivity contribution in [2.24, 2.45) is 0 Å². The molecule has 0 aliphatic carbocycles. The smallest absolute Gasteiger partial charge is 0.0992 e. The summed E-state index contributed by atoms with van der Waals surface area (Å²) >= 11 is 11.1. The summed E-state index contributed by atoms with van der Waals surface area (Å²) in [7, 11) is 0. The van der Waals surface area contributed by atoms with Gasteiger partial charge in [0.1, 0.15) is 0 Å². The molecule has 0 N–H and O–H groups in total. The average Bonchev–Trinajstić information content (AvgIpc) is 2.34. The van der Waals surface area contributed by atoms with Crippen molar-refractivity contribution in [3.63, 3.8) is 0 Å². The first-order valence-corrected chi connectivity index (χ1v) is 6.81. The van der Waals surface area contributed by atoms with E-state index in [-0.39, 0.29) is 0 Å². The second-order valence-corrected chi connectivity index (χ2v) is 5.75. The van der Waals surface area contributed by atoms with Crippen LogP contribution in [0.4, 0.5) is 0 Å². The fraction of sp³-hybridized carbons (Fsp3) is 0. The summed E-state index contributed by atoms with van der Waals surface area (Å²) in [6, 6.07) is 15.4. The standard InChI is InChI=1S/C13H7BrClNS/c14-10-2-4-11(5-3-10)17-13-6-1-9(8-16)7-12(13)15/h1-7H. The molecule has 0 bridgehead atoms. The van der Waals surface area contributed by atoms with Gasteiger partial charge in [0.25, 0.3) is 0 Å². The number of nitriles is 1. The number of hydrogen-bond donors (Lipinski definition) is 0. The molecular formula is C13H7BrClNS. The Kier molecular flexibility index (Phi) is 4.11. The van der Waals surface area contributed by atoms with E-state index in [0.717, 1.165) is 14.3 Å². The van der Waals surface area contributed by atoms with Gasteiger partial charge in [0, 0.05) is 14.3 Å². The minimum Gasteiger partial charge on any atom is -0.192 e. The highest BCUT2D eigenvalue weighted by Gasteiger charge is 2.04. The highest BCUT2D eigenvalue weighted by molar-refractivity contribution is 9.10. The molecule has 0 spiro atoms. The molecule has 0 unspecified atom stereocenters. The molecule has 0 amide bonds. The number of rotatable bonds is 2. The van der Waals surface area contributed by atoms with Gasteiger partial charge in [-0.05, 0) is 42.5 Å². The Morgan fingerprint density at radius 2 is 1.82 bits per heavy atom. The molecule has 84 valence electrons. The Balaban J connectivity index is 2.25. The van der Waals surface area contributed by atoms with Crippen molar-refractivity contribution in [1.82, 2.24) is 0 Å². The molecule has 1 nitrogen and oxygen atoms in total. The summed E-state index contributed by atoms with van der Waals surface area (Å²) in [6.45, 7) is 0. The summed E-state index contributed by atoms with van der Waals surface area (Å²) in [5.41, 5.74) is 0.579. The van der Waals surface area contributed by atoms with Gasteiger partial charge < -0.3 is 0 Å². The zero-order valence-electron chi connectivity index (χ0n) is 8.65. The lowest BCUT2D eigenvalue weighted by molar-refractivity contribution is 1.38. The van der Waals surface area contributed by atoms with Gasteiger partial charge in [-0.1, -0.05) is 39.3 Å². The predicted octanol–water partition coefficient (Wildman–Crippen LogP) is 5.13. The van der Waals surface area contributed by atoms with Gasteiger partial charge in [-0.2, -0.15) is 5.26 Å². The van der Waals surface area contributed by atoms with Crippen molar-refractivity contribution < 1.29 is 0 Å². The highest BCUT2D eigenvalue weighted by Crippen LogP contribution is 2.34. The fourth-order valence-electron chi connectivity index (χ4n) is 1.28. The van der Waals surface area contributed by atoms with Gasteiger partial charge in [-0.15, -0.1) is 0 Å². The summed E-state index contributed by atoms with van der Waals surface area (Å²) in [6.07, 6.45) is 0. The van der Waals surface area contributed by atoms with Crippen LogP contribution in [0, 0.1) is 11.3 Å². The molecule has 17 heavy (non-hydrogen) atoms. The van der Waals surface area contributed by atoms with Crippen LogP contribution in [0.3, 0.4) is 0 Å². The van der Waals surface area contributed by atoms with Crippen molar-refractivity contribution in [3.05, 3.63) is 57.5 Å². The SMILES string of the molecule is N#Cc1ccc(Sc2ccc(Br)cc2)c(Cl)c1. The molecule has 0 saturated heterocycles. The summed E-state index contributed by atoms with van der Waals surface area (Å²) < 4.78 is 1.05. The van der Waals surface area contributed by atoms with E-state index in [1.807, 2.05) is 30.3 Å². The third-order valence-corrected chi connectivity index (χ3v) is 4.14. The number of halogens is 2. The summed E-state index contributed by atoms with van der Waals surface area (Å²) in [4.78, 5) is 2.06. The summed E-state index contributed by atoms with van der Waals surface area (Å²) in [5.74, 6) is 0. The second-order valence-electron chi connectivity index (χ2n) is 3.31. The normalized spacial score (nSPS) is 9.94. The zero-order valence-corrected chi connectivity index (χ0v) is 11.8. The van der Waals surface area contributed by atoms with Crippen LogP contribution >= 0.6 is 39.3 Å². The molecule has 2 aromatic rings. The van der Waals surface area contributed by atoms with Crippen LogP contribution in [0.2, 0.25) is 5.02 Å². The Hall–Kier alpha value is -0.950. The molecule has 0 heterocycles. The Bertz CT molecular complexity index is 575. The van der Waals surface area contributed by atoms with Gasteiger partial charge in [0.15, 0.2) is 0 Å². The quantitative estimate of drug-likeness (QED) is 0.765. The van der Waals surface area contributed by atoms with E-state index >= 15 is 0 Å². The van der Waals surface area contributed by atoms with E-state index < -0.39 is 0 Å². The van der Waals surface area contributed by atoms with Gasteiger partial charge in [-0.3, -0.25) is 0 Å². The van der Waals surface area contributed by atoms with Gasteiger partial charge in [0.2, 0.25) is 0 Å². The third kappa shape index (κ3) is 3.26. The number of benzene rings is 2. The Morgan fingerprint density at radius 3 is 2.41 bits per heavy atom. The third-order valence-electron chi connectivity index (χ3n) is 2.10. The van der Waals surface area contributed by atoms with Crippen LogP contribution in [-0.4, -0.2) is 0 Å². The first kappa shape index (κ1) is 12.5. The topological polar surface area (TPSA) is 23.8 Å². The average molecular weight is 325 g/mol. The lowest BCUT2D eigenvalue weighted by atomic mass is 10.2. The van der Waals surface area contributed by atoms with Crippen LogP contribution in [0.15, 0.2) is 56.7 Å². The predicted molar refractivity (Wildman–Crippen MR) is 74.4 cm³/mol. The Labute approximate surface area is 118 Å². The van der Waals surface area contributed by atoms with Gasteiger partial charge in [-0.25, -0.2) is 0 Å². The van der Waals surface area contributed by atoms with Crippen molar-refractivity contribution in [3.8, 4) is 6.07 Å². The maximum atomic E-state index is 8.75.